The van der Waals surface area contributed by atoms with E-state index in [0.29, 0.717) is 28.8 Å². The van der Waals surface area contributed by atoms with E-state index in [1.165, 1.54) is 24.3 Å². The molecule has 33 heavy (non-hydrogen) atoms. The Labute approximate surface area is 184 Å². The van der Waals surface area contributed by atoms with Gasteiger partial charge in [0.05, 0.1) is 28.3 Å². The number of nitriles is 1. The Morgan fingerprint density at radius 3 is 1.82 bits per heavy atom. The SMILES string of the molecule is N#C/C(=C/c1ccc(OC(=O)c2cc(C(F)(F)F)cc(C(F)(F)F)c2)cc1)c1ccccc1. The lowest BCUT2D eigenvalue weighted by molar-refractivity contribution is -0.143. The molecule has 0 aliphatic rings. The smallest absolute Gasteiger partial charge is 0.416 e. The third kappa shape index (κ3) is 6.01. The summed E-state index contributed by atoms with van der Waals surface area (Å²) < 4.78 is 82.8. The van der Waals surface area contributed by atoms with Gasteiger partial charge in [-0.05, 0) is 47.5 Å². The Morgan fingerprint density at radius 2 is 1.33 bits per heavy atom. The molecule has 0 heterocycles. The maximum Gasteiger partial charge on any atom is 0.416 e. The van der Waals surface area contributed by atoms with E-state index in [9.17, 15) is 36.4 Å². The zero-order chi connectivity index (χ0) is 24.2. The average molecular weight is 461 g/mol. The van der Waals surface area contributed by atoms with E-state index in [2.05, 4.69) is 6.07 Å². The van der Waals surface area contributed by atoms with Gasteiger partial charge in [-0.25, -0.2) is 4.79 Å². The fourth-order valence-corrected chi connectivity index (χ4v) is 2.84. The van der Waals surface area contributed by atoms with Gasteiger partial charge in [0, 0.05) is 0 Å². The normalized spacial score (nSPS) is 12.2. The first kappa shape index (κ1) is 23.6. The predicted molar refractivity (Wildman–Crippen MR) is 108 cm³/mol. The molecule has 9 heteroatoms. The van der Waals surface area contributed by atoms with Gasteiger partial charge in [0.1, 0.15) is 5.75 Å². The molecule has 0 aliphatic carbocycles. The first-order valence-electron chi connectivity index (χ1n) is 9.26. The first-order chi connectivity index (χ1) is 15.5. The van der Waals surface area contributed by atoms with Crippen molar-refractivity contribution in [3.05, 3.63) is 101 Å². The summed E-state index contributed by atoms with van der Waals surface area (Å²) >= 11 is 0. The molecule has 0 N–H and O–H groups in total. The summed E-state index contributed by atoms with van der Waals surface area (Å²) in [5.41, 5.74) is -2.51. The summed E-state index contributed by atoms with van der Waals surface area (Å²) in [6.07, 6.45) is -8.59. The van der Waals surface area contributed by atoms with Crippen LogP contribution >= 0.6 is 0 Å². The standard InChI is InChI=1S/C24H13F6NO2/c25-23(26,27)19-11-17(12-20(13-19)24(28,29)30)22(32)33-21-8-6-15(7-9-21)10-18(14-31)16-4-2-1-3-5-16/h1-13H/b18-10-. The van der Waals surface area contributed by atoms with Crippen LogP contribution in [0.25, 0.3) is 11.6 Å². The van der Waals surface area contributed by atoms with Gasteiger partial charge in [0.15, 0.2) is 0 Å². The lowest BCUT2D eigenvalue weighted by Crippen LogP contribution is -2.15. The Bertz CT molecular complexity index is 1190. The molecule has 3 rings (SSSR count). The maximum atomic E-state index is 13.0. The van der Waals surface area contributed by atoms with Gasteiger partial charge in [-0.15, -0.1) is 0 Å². The van der Waals surface area contributed by atoms with Crippen LogP contribution in [0.3, 0.4) is 0 Å². The van der Waals surface area contributed by atoms with Gasteiger partial charge < -0.3 is 4.74 Å². The summed E-state index contributed by atoms with van der Waals surface area (Å²) in [6, 6.07) is 17.0. The fourth-order valence-electron chi connectivity index (χ4n) is 2.84. The number of hydrogen-bond acceptors (Lipinski definition) is 3. The predicted octanol–water partition coefficient (Wildman–Crippen LogP) is 7.01. The molecular formula is C24H13F6NO2. The quantitative estimate of drug-likeness (QED) is 0.138. The minimum atomic E-state index is -5.08. The molecule has 0 spiro atoms. The highest BCUT2D eigenvalue weighted by atomic mass is 19.4. The molecule has 0 radical (unpaired) electrons. The molecule has 3 nitrogen and oxygen atoms in total. The number of rotatable bonds is 4. The van der Waals surface area contributed by atoms with Crippen LogP contribution in [0.15, 0.2) is 72.8 Å². The van der Waals surface area contributed by atoms with Crippen LogP contribution in [-0.2, 0) is 12.4 Å². The van der Waals surface area contributed by atoms with Crippen LogP contribution in [0.4, 0.5) is 26.3 Å². The fraction of sp³-hybridized carbons (Fsp3) is 0.0833. The van der Waals surface area contributed by atoms with E-state index in [1.807, 2.05) is 0 Å². The highest BCUT2D eigenvalue weighted by Gasteiger charge is 2.37. The van der Waals surface area contributed by atoms with Crippen LogP contribution in [0.2, 0.25) is 0 Å². The lowest BCUT2D eigenvalue weighted by Gasteiger charge is -2.14. The number of allylic oxidation sites excluding steroid dienone is 1. The second-order valence-electron chi connectivity index (χ2n) is 6.79. The van der Waals surface area contributed by atoms with Crippen LogP contribution in [0.5, 0.6) is 5.75 Å². The van der Waals surface area contributed by atoms with E-state index in [0.717, 1.165) is 0 Å². The first-order valence-corrected chi connectivity index (χ1v) is 9.26. The van der Waals surface area contributed by atoms with Gasteiger partial charge in [-0.1, -0.05) is 42.5 Å². The van der Waals surface area contributed by atoms with Crippen molar-refractivity contribution in [2.24, 2.45) is 0 Å². The largest absolute Gasteiger partial charge is 0.423 e. The Kier molecular flexibility index (Phi) is 6.58. The zero-order valence-electron chi connectivity index (χ0n) is 16.5. The molecular weight excluding hydrogens is 448 g/mol. The molecule has 0 unspecified atom stereocenters. The van der Waals surface area contributed by atoms with E-state index in [1.54, 1.807) is 36.4 Å². The number of esters is 1. The minimum Gasteiger partial charge on any atom is -0.423 e. The molecule has 0 saturated heterocycles. The Morgan fingerprint density at radius 1 is 0.788 bits per heavy atom. The molecule has 3 aromatic rings. The Hall–Kier alpha value is -4.06. The molecule has 0 saturated carbocycles. The Balaban J connectivity index is 1.84. The molecule has 0 amide bonds. The number of hydrogen-bond donors (Lipinski definition) is 0. The molecule has 0 bridgehead atoms. The van der Waals surface area contributed by atoms with E-state index in [4.69, 9.17) is 4.74 Å². The number of carbonyl (C=O) groups excluding carboxylic acids is 1. The number of nitrogens with zero attached hydrogens (tertiary/aromatic N) is 1. The molecule has 0 aliphatic heterocycles. The molecule has 0 aromatic heterocycles. The van der Waals surface area contributed by atoms with Crippen molar-refractivity contribution < 1.29 is 35.9 Å². The van der Waals surface area contributed by atoms with E-state index in [-0.39, 0.29) is 11.8 Å². The molecule has 0 atom stereocenters. The van der Waals surface area contributed by atoms with Crippen LogP contribution in [-0.4, -0.2) is 5.97 Å². The van der Waals surface area contributed by atoms with Gasteiger partial charge >= 0.3 is 18.3 Å². The maximum absolute atomic E-state index is 13.0. The highest BCUT2D eigenvalue weighted by molar-refractivity contribution is 5.92. The minimum absolute atomic E-state index is 0.0720. The average Bonchev–Trinajstić information content (AvgIpc) is 2.77. The van der Waals surface area contributed by atoms with Crippen LogP contribution < -0.4 is 4.74 Å². The van der Waals surface area contributed by atoms with Crippen LogP contribution in [0, 0.1) is 11.3 Å². The third-order valence-electron chi connectivity index (χ3n) is 4.43. The molecule has 0 fully saturated rings. The van der Waals surface area contributed by atoms with Gasteiger partial charge in [-0.2, -0.15) is 31.6 Å². The zero-order valence-corrected chi connectivity index (χ0v) is 16.5. The summed E-state index contributed by atoms with van der Waals surface area (Å²) in [6.45, 7) is 0. The van der Waals surface area contributed by atoms with Crippen LogP contribution in [0.1, 0.15) is 32.6 Å². The molecule has 168 valence electrons. The second-order valence-corrected chi connectivity index (χ2v) is 6.79. The number of benzene rings is 3. The topological polar surface area (TPSA) is 50.1 Å². The van der Waals surface area contributed by atoms with E-state index < -0.39 is 35.0 Å². The number of carbonyl (C=O) groups is 1. The molecule has 3 aromatic carbocycles. The van der Waals surface area contributed by atoms with Crippen molar-refractivity contribution in [2.75, 3.05) is 0 Å². The van der Waals surface area contributed by atoms with Crippen molar-refractivity contribution in [3.8, 4) is 11.8 Å². The van der Waals surface area contributed by atoms with E-state index >= 15 is 0 Å². The number of halogens is 6. The number of ether oxygens (including phenoxy) is 1. The van der Waals surface area contributed by atoms with Gasteiger partial charge in [-0.3, -0.25) is 0 Å². The van der Waals surface area contributed by atoms with Crippen molar-refractivity contribution in [1.29, 1.82) is 5.26 Å². The summed E-state index contributed by atoms with van der Waals surface area (Å²) in [5, 5.41) is 9.35. The summed E-state index contributed by atoms with van der Waals surface area (Å²) in [4.78, 5) is 12.3. The number of alkyl halides is 6. The summed E-state index contributed by atoms with van der Waals surface area (Å²) in [7, 11) is 0. The van der Waals surface area contributed by atoms with Gasteiger partial charge in [0.2, 0.25) is 0 Å². The van der Waals surface area contributed by atoms with Crippen molar-refractivity contribution >= 4 is 17.6 Å². The second kappa shape index (κ2) is 9.20. The monoisotopic (exact) mass is 461 g/mol. The highest BCUT2D eigenvalue weighted by Crippen LogP contribution is 2.36. The third-order valence-corrected chi connectivity index (χ3v) is 4.43. The summed E-state index contributed by atoms with van der Waals surface area (Å²) in [5.74, 6) is -1.47. The lowest BCUT2D eigenvalue weighted by atomic mass is 10.0. The van der Waals surface area contributed by atoms with Crippen molar-refractivity contribution in [3.63, 3.8) is 0 Å². The van der Waals surface area contributed by atoms with Crippen molar-refractivity contribution in [2.45, 2.75) is 12.4 Å². The van der Waals surface area contributed by atoms with Gasteiger partial charge in [0.25, 0.3) is 0 Å². The van der Waals surface area contributed by atoms with Crippen molar-refractivity contribution in [1.82, 2.24) is 0 Å².